The molecule has 180 valence electrons. The highest BCUT2D eigenvalue weighted by molar-refractivity contribution is 7.92. The fourth-order valence-electron chi connectivity index (χ4n) is 3.25. The van der Waals surface area contributed by atoms with Gasteiger partial charge in [0.15, 0.2) is 0 Å². The van der Waals surface area contributed by atoms with Crippen molar-refractivity contribution in [1.29, 1.82) is 0 Å². The lowest BCUT2D eigenvalue weighted by Gasteiger charge is -2.23. The van der Waals surface area contributed by atoms with E-state index in [1.54, 1.807) is 37.3 Å². The van der Waals surface area contributed by atoms with E-state index in [0.29, 0.717) is 27.6 Å². The molecule has 0 aromatic heterocycles. The number of rotatable bonds is 8. The van der Waals surface area contributed by atoms with Crippen LogP contribution in [0.3, 0.4) is 0 Å². The molecule has 0 aliphatic carbocycles. The van der Waals surface area contributed by atoms with Crippen molar-refractivity contribution in [3.63, 3.8) is 0 Å². The summed E-state index contributed by atoms with van der Waals surface area (Å²) in [5.74, 6) is -0.590. The Bertz CT molecular complexity index is 1420. The van der Waals surface area contributed by atoms with Gasteiger partial charge in [-0.15, -0.1) is 0 Å². The Kier molecular flexibility index (Phi) is 7.54. The SMILES string of the molecule is Cc1cccc(NS(=O)(=O)c2ccc(NC(=O)CN(c3ccc(Cl)cc3C)S(C)(=O)=O)cc2)c1. The molecule has 1 amide bonds. The Labute approximate surface area is 204 Å². The average molecular weight is 522 g/mol. The van der Waals surface area contributed by atoms with Crippen LogP contribution < -0.4 is 14.3 Å². The number of amides is 1. The fourth-order valence-corrected chi connectivity index (χ4v) is 5.44. The molecule has 0 heterocycles. The molecule has 0 fully saturated rings. The zero-order valence-electron chi connectivity index (χ0n) is 18.7. The van der Waals surface area contributed by atoms with Crippen molar-refractivity contribution in [1.82, 2.24) is 0 Å². The number of nitrogens with zero attached hydrogens (tertiary/aromatic N) is 1. The summed E-state index contributed by atoms with van der Waals surface area (Å²) in [6.07, 6.45) is 1.01. The van der Waals surface area contributed by atoms with Crippen LogP contribution in [0.25, 0.3) is 0 Å². The Morgan fingerprint density at radius 2 is 1.59 bits per heavy atom. The Morgan fingerprint density at radius 3 is 2.18 bits per heavy atom. The number of nitrogens with one attached hydrogen (secondary N) is 2. The van der Waals surface area contributed by atoms with E-state index < -0.39 is 32.5 Å². The lowest BCUT2D eigenvalue weighted by molar-refractivity contribution is -0.114. The number of hydrogen-bond acceptors (Lipinski definition) is 5. The molecule has 0 unspecified atom stereocenters. The molecule has 3 rings (SSSR count). The minimum absolute atomic E-state index is 0.0153. The summed E-state index contributed by atoms with van der Waals surface area (Å²) < 4.78 is 53.4. The molecule has 34 heavy (non-hydrogen) atoms. The van der Waals surface area contributed by atoms with Gasteiger partial charge in [0.2, 0.25) is 15.9 Å². The van der Waals surface area contributed by atoms with Crippen molar-refractivity contribution in [2.45, 2.75) is 18.7 Å². The highest BCUT2D eigenvalue weighted by atomic mass is 35.5. The maximum absolute atomic E-state index is 12.6. The van der Waals surface area contributed by atoms with E-state index >= 15 is 0 Å². The molecule has 0 saturated heterocycles. The molecule has 0 aliphatic heterocycles. The smallest absolute Gasteiger partial charge is 0.261 e. The molecule has 0 atom stereocenters. The molecule has 0 aliphatic rings. The minimum Gasteiger partial charge on any atom is -0.325 e. The lowest BCUT2D eigenvalue weighted by atomic mass is 10.2. The van der Waals surface area contributed by atoms with Crippen molar-refractivity contribution in [2.75, 3.05) is 27.1 Å². The molecular formula is C23H24ClN3O5S2. The van der Waals surface area contributed by atoms with Crippen LogP contribution in [0.4, 0.5) is 17.1 Å². The van der Waals surface area contributed by atoms with E-state index in [4.69, 9.17) is 11.6 Å². The second kappa shape index (κ2) is 10.0. The molecule has 0 saturated carbocycles. The predicted octanol–water partition coefficient (Wildman–Crippen LogP) is 4.16. The lowest BCUT2D eigenvalue weighted by Crippen LogP contribution is -2.37. The van der Waals surface area contributed by atoms with Gasteiger partial charge in [-0.25, -0.2) is 16.8 Å². The maximum Gasteiger partial charge on any atom is 0.261 e. The zero-order chi connectivity index (χ0) is 25.1. The number of hydrogen-bond donors (Lipinski definition) is 2. The molecule has 8 nitrogen and oxygen atoms in total. The number of halogens is 1. The summed E-state index contributed by atoms with van der Waals surface area (Å²) in [6.45, 7) is 3.09. The third kappa shape index (κ3) is 6.49. The van der Waals surface area contributed by atoms with Crippen LogP contribution >= 0.6 is 11.6 Å². The van der Waals surface area contributed by atoms with Gasteiger partial charge in [-0.3, -0.25) is 13.8 Å². The summed E-state index contributed by atoms with van der Waals surface area (Å²) in [7, 11) is -7.58. The van der Waals surface area contributed by atoms with E-state index in [9.17, 15) is 21.6 Å². The minimum atomic E-state index is -3.82. The molecule has 3 aromatic carbocycles. The number of carbonyl (C=O) groups excluding carboxylic acids is 1. The second-order valence-electron chi connectivity index (χ2n) is 7.75. The Morgan fingerprint density at radius 1 is 0.912 bits per heavy atom. The molecule has 11 heteroatoms. The third-order valence-corrected chi connectivity index (χ3v) is 7.59. The molecule has 0 radical (unpaired) electrons. The first kappa shape index (κ1) is 25.5. The number of carbonyl (C=O) groups is 1. The van der Waals surface area contributed by atoms with E-state index in [0.717, 1.165) is 16.1 Å². The van der Waals surface area contributed by atoms with Gasteiger partial charge in [-0.2, -0.15) is 0 Å². The fraction of sp³-hybridized carbons (Fsp3) is 0.174. The van der Waals surface area contributed by atoms with Gasteiger partial charge >= 0.3 is 0 Å². The first-order valence-electron chi connectivity index (χ1n) is 10.1. The van der Waals surface area contributed by atoms with Crippen molar-refractivity contribution >= 4 is 54.6 Å². The van der Waals surface area contributed by atoms with Gasteiger partial charge in [-0.1, -0.05) is 23.7 Å². The summed E-state index contributed by atoms with van der Waals surface area (Å²) in [5, 5.41) is 3.04. The van der Waals surface area contributed by atoms with Crippen LogP contribution in [0.2, 0.25) is 5.02 Å². The summed E-state index contributed by atoms with van der Waals surface area (Å²) >= 11 is 5.95. The Balaban J connectivity index is 1.73. The molecule has 0 spiro atoms. The standard InChI is InChI=1S/C23H24ClN3O5S2/c1-16-5-4-6-20(13-16)26-34(31,32)21-10-8-19(9-11-21)25-23(28)15-27(33(3,29)30)22-12-7-18(24)14-17(22)2/h4-14,26H,15H2,1-3H3,(H,25,28). The largest absolute Gasteiger partial charge is 0.325 e. The topological polar surface area (TPSA) is 113 Å². The summed E-state index contributed by atoms with van der Waals surface area (Å²) in [4.78, 5) is 12.6. The van der Waals surface area contributed by atoms with Crippen LogP contribution in [-0.2, 0) is 24.8 Å². The average Bonchev–Trinajstić information content (AvgIpc) is 2.72. The third-order valence-electron chi connectivity index (χ3n) is 4.83. The van der Waals surface area contributed by atoms with Gasteiger partial charge in [0.25, 0.3) is 10.0 Å². The van der Waals surface area contributed by atoms with Crippen LogP contribution in [-0.4, -0.2) is 35.5 Å². The van der Waals surface area contributed by atoms with Gasteiger partial charge in [0.05, 0.1) is 16.8 Å². The summed E-state index contributed by atoms with van der Waals surface area (Å²) in [5.41, 5.74) is 2.61. The normalized spacial score (nSPS) is 11.6. The molecule has 0 bridgehead atoms. The van der Waals surface area contributed by atoms with Crippen molar-refractivity contribution in [3.05, 3.63) is 82.9 Å². The first-order chi connectivity index (χ1) is 15.8. The monoisotopic (exact) mass is 521 g/mol. The van der Waals surface area contributed by atoms with E-state index in [2.05, 4.69) is 10.0 Å². The van der Waals surface area contributed by atoms with Crippen LogP contribution in [0.5, 0.6) is 0 Å². The van der Waals surface area contributed by atoms with Gasteiger partial charge in [0.1, 0.15) is 6.54 Å². The van der Waals surface area contributed by atoms with Crippen molar-refractivity contribution in [3.8, 4) is 0 Å². The zero-order valence-corrected chi connectivity index (χ0v) is 21.1. The second-order valence-corrected chi connectivity index (χ2v) is 11.8. The highest BCUT2D eigenvalue weighted by Gasteiger charge is 2.23. The van der Waals surface area contributed by atoms with Crippen molar-refractivity contribution in [2.24, 2.45) is 0 Å². The van der Waals surface area contributed by atoms with Crippen molar-refractivity contribution < 1.29 is 21.6 Å². The van der Waals surface area contributed by atoms with Gasteiger partial charge < -0.3 is 5.32 Å². The molecule has 3 aromatic rings. The maximum atomic E-state index is 12.6. The van der Waals surface area contributed by atoms with E-state index in [1.165, 1.54) is 30.3 Å². The van der Waals surface area contributed by atoms with Gasteiger partial charge in [-0.05, 0) is 79.6 Å². The molecule has 2 N–H and O–H groups in total. The molecular weight excluding hydrogens is 498 g/mol. The van der Waals surface area contributed by atoms with Crippen LogP contribution in [0.1, 0.15) is 11.1 Å². The van der Waals surface area contributed by atoms with Gasteiger partial charge in [0, 0.05) is 16.4 Å². The number of aryl methyl sites for hydroxylation is 2. The summed E-state index contributed by atoms with van der Waals surface area (Å²) in [6, 6.07) is 17.2. The van der Waals surface area contributed by atoms with E-state index in [-0.39, 0.29) is 4.90 Å². The number of sulfonamides is 2. The quantitative estimate of drug-likeness (QED) is 0.462. The predicted molar refractivity (Wildman–Crippen MR) is 135 cm³/mol. The number of anilines is 3. The van der Waals surface area contributed by atoms with Crippen LogP contribution in [0.15, 0.2) is 71.6 Å². The Hall–Kier alpha value is -3.08. The highest BCUT2D eigenvalue weighted by Crippen LogP contribution is 2.26. The van der Waals surface area contributed by atoms with Crippen LogP contribution in [0, 0.1) is 13.8 Å². The van der Waals surface area contributed by atoms with E-state index in [1.807, 2.05) is 13.0 Å². The number of benzene rings is 3. The first-order valence-corrected chi connectivity index (χ1v) is 13.8.